The molecule has 1 unspecified atom stereocenters. The molecule has 4 heteroatoms. The van der Waals surface area contributed by atoms with Crippen LogP contribution in [0.5, 0.6) is 0 Å². The lowest BCUT2D eigenvalue weighted by atomic mass is 10.4. The Morgan fingerprint density at radius 1 is 1.50 bits per heavy atom. The van der Waals surface area contributed by atoms with E-state index in [9.17, 15) is 0 Å². The van der Waals surface area contributed by atoms with Crippen LogP contribution in [0.15, 0.2) is 41.1 Å². The van der Waals surface area contributed by atoms with Gasteiger partial charge in [0, 0.05) is 12.8 Å². The predicted molar refractivity (Wildman–Crippen MR) is 74.2 cm³/mol. The second kappa shape index (κ2) is 9.17. The van der Waals surface area contributed by atoms with Crippen LogP contribution in [0, 0.1) is 0 Å². The van der Waals surface area contributed by atoms with Gasteiger partial charge >= 0.3 is 0 Å². The van der Waals surface area contributed by atoms with Gasteiger partial charge in [0.15, 0.2) is 0 Å². The molecule has 16 heavy (non-hydrogen) atoms. The van der Waals surface area contributed by atoms with Crippen molar-refractivity contribution in [1.82, 2.24) is 5.01 Å². The van der Waals surface area contributed by atoms with Gasteiger partial charge in [-0.2, -0.15) is 5.10 Å². The molecule has 0 aromatic carbocycles. The smallest absolute Gasteiger partial charge is 0.129 e. The topological polar surface area (TPSA) is 24.8 Å². The van der Waals surface area contributed by atoms with Crippen LogP contribution < -0.4 is 0 Å². The molecule has 0 N–H and O–H groups in total. The van der Waals surface area contributed by atoms with Gasteiger partial charge in [-0.1, -0.05) is 12.7 Å². The van der Waals surface area contributed by atoms with Crippen LogP contribution in [-0.4, -0.2) is 24.4 Å². The first-order chi connectivity index (χ1) is 7.69. The first-order valence-electron chi connectivity index (χ1n) is 5.30. The molecule has 0 heterocycles. The Balaban J connectivity index is 4.24. The van der Waals surface area contributed by atoms with E-state index in [-0.39, 0.29) is 0 Å². The molecule has 0 fully saturated rings. The summed E-state index contributed by atoms with van der Waals surface area (Å²) < 4.78 is 5.56. The van der Waals surface area contributed by atoms with E-state index in [1.54, 1.807) is 6.21 Å². The van der Waals surface area contributed by atoms with Crippen LogP contribution in [0.25, 0.3) is 0 Å². The zero-order valence-corrected chi connectivity index (χ0v) is 11.5. The van der Waals surface area contributed by atoms with Gasteiger partial charge in [-0.25, -0.2) is 0 Å². The Morgan fingerprint density at radius 3 is 2.62 bits per heavy atom. The van der Waals surface area contributed by atoms with Crippen molar-refractivity contribution in [3.8, 4) is 0 Å². The molecule has 0 amide bonds. The quantitative estimate of drug-likeness (QED) is 0.224. The van der Waals surface area contributed by atoms with E-state index < -0.39 is 0 Å². The number of rotatable bonds is 7. The van der Waals surface area contributed by atoms with Crippen LogP contribution in [0.2, 0.25) is 0 Å². The minimum absolute atomic E-state index is 0.440. The molecular weight excluding hydrogens is 219 g/mol. The highest BCUT2D eigenvalue weighted by atomic mass is 31.0. The lowest BCUT2D eigenvalue weighted by molar-refractivity contribution is 0.215. The van der Waals surface area contributed by atoms with Crippen LogP contribution in [0.4, 0.5) is 0 Å². The summed E-state index contributed by atoms with van der Waals surface area (Å²) in [6, 6.07) is 0. The molecule has 90 valence electrons. The number of hydrogen-bond acceptors (Lipinski definition) is 3. The Labute approximate surface area is 101 Å². The molecule has 1 atom stereocenters. The van der Waals surface area contributed by atoms with Gasteiger partial charge in [-0.05, 0) is 32.7 Å². The summed E-state index contributed by atoms with van der Waals surface area (Å²) in [5, 5.41) is 5.99. The fourth-order valence-corrected chi connectivity index (χ4v) is 1.29. The first-order valence-corrected chi connectivity index (χ1v) is 5.97. The second-order valence-corrected chi connectivity index (χ2v) is 3.35. The van der Waals surface area contributed by atoms with Crippen molar-refractivity contribution < 1.29 is 4.74 Å². The Bertz CT molecular complexity index is 295. The van der Waals surface area contributed by atoms with Crippen LogP contribution in [0.3, 0.4) is 0 Å². The van der Waals surface area contributed by atoms with Crippen LogP contribution in [0.1, 0.15) is 20.8 Å². The largest absolute Gasteiger partial charge is 0.487 e. The van der Waals surface area contributed by atoms with Crippen molar-refractivity contribution in [1.29, 1.82) is 0 Å². The molecule has 0 rings (SSSR count). The maximum atomic E-state index is 5.56. The van der Waals surface area contributed by atoms with E-state index in [1.165, 1.54) is 0 Å². The van der Waals surface area contributed by atoms with E-state index in [2.05, 4.69) is 20.9 Å². The van der Waals surface area contributed by atoms with Gasteiger partial charge in [0.25, 0.3) is 0 Å². The van der Waals surface area contributed by atoms with Gasteiger partial charge < -0.3 is 4.74 Å². The fourth-order valence-electron chi connectivity index (χ4n) is 1.08. The highest BCUT2D eigenvalue weighted by Gasteiger charge is 2.03. The molecule has 0 saturated carbocycles. The van der Waals surface area contributed by atoms with Crippen LogP contribution in [-0.2, 0) is 4.74 Å². The minimum Gasteiger partial charge on any atom is -0.487 e. The van der Waals surface area contributed by atoms with Gasteiger partial charge in [0.2, 0.25) is 0 Å². The third-order valence-electron chi connectivity index (χ3n) is 1.82. The number of likely N-dealkylation sites (N-methyl/N-ethyl adjacent to an activating group) is 1. The van der Waals surface area contributed by atoms with Crippen molar-refractivity contribution in [2.24, 2.45) is 5.10 Å². The number of hydrogen-bond donors (Lipinski definition) is 0. The van der Waals surface area contributed by atoms with Crippen molar-refractivity contribution in [2.75, 3.05) is 13.2 Å². The number of hydrazone groups is 1. The average molecular weight is 240 g/mol. The molecular formula is C12H21N2OP. The molecule has 0 aliphatic carbocycles. The summed E-state index contributed by atoms with van der Waals surface area (Å²) in [6.45, 7) is 11.0. The average Bonchev–Trinajstić information content (AvgIpc) is 2.30. The third kappa shape index (κ3) is 5.72. The highest BCUT2D eigenvalue weighted by molar-refractivity contribution is 7.20. The van der Waals surface area contributed by atoms with Gasteiger partial charge in [-0.15, -0.1) is 9.24 Å². The number of nitrogens with zero attached hydrogens (tertiary/aromatic N) is 2. The molecule has 0 radical (unpaired) electrons. The highest BCUT2D eigenvalue weighted by Crippen LogP contribution is 2.08. The molecule has 0 bridgehead atoms. The van der Waals surface area contributed by atoms with Gasteiger partial charge in [-0.3, -0.25) is 5.01 Å². The predicted octanol–water partition coefficient (Wildman–Crippen LogP) is 3.14. The standard InChI is InChI=1S/C12H21N2OP/c1-5-8-12(10-16)15-9-11(4)14(7-3)13-6-2/h5-6,8,10H,4,7,9,16H2,1-3H3/b8-5-,12-10+,13-6-. The van der Waals surface area contributed by atoms with E-state index in [0.717, 1.165) is 18.0 Å². The molecule has 0 aliphatic heterocycles. The van der Waals surface area contributed by atoms with Crippen LogP contribution >= 0.6 is 9.24 Å². The van der Waals surface area contributed by atoms with E-state index in [1.807, 2.05) is 43.7 Å². The molecule has 0 aliphatic rings. The van der Waals surface area contributed by atoms with Gasteiger partial charge in [0.1, 0.15) is 12.4 Å². The van der Waals surface area contributed by atoms with Gasteiger partial charge in [0.05, 0.1) is 5.70 Å². The summed E-state index contributed by atoms with van der Waals surface area (Å²) >= 11 is 0. The number of ether oxygens (including phenoxy) is 1. The molecule has 3 nitrogen and oxygen atoms in total. The molecule has 0 saturated heterocycles. The van der Waals surface area contributed by atoms with E-state index in [4.69, 9.17) is 4.74 Å². The van der Waals surface area contributed by atoms with Crippen molar-refractivity contribution in [3.63, 3.8) is 0 Å². The molecule has 0 aromatic heterocycles. The van der Waals surface area contributed by atoms with E-state index >= 15 is 0 Å². The Kier molecular flexibility index (Phi) is 8.55. The second-order valence-electron chi connectivity index (χ2n) is 3.01. The maximum absolute atomic E-state index is 5.56. The summed E-state index contributed by atoms with van der Waals surface area (Å²) in [6.07, 6.45) is 5.58. The van der Waals surface area contributed by atoms with Crippen molar-refractivity contribution in [2.45, 2.75) is 20.8 Å². The normalized spacial score (nSPS) is 12.4. The summed E-state index contributed by atoms with van der Waals surface area (Å²) in [5.41, 5.74) is 0.842. The lowest BCUT2D eigenvalue weighted by Gasteiger charge is -2.19. The summed E-state index contributed by atoms with van der Waals surface area (Å²) in [4.78, 5) is 0. The SMILES string of the molecule is C=C(COC(/C=C\C)=C/P)N(CC)/N=C\C. The van der Waals surface area contributed by atoms with E-state index in [0.29, 0.717) is 6.61 Å². The minimum atomic E-state index is 0.440. The third-order valence-corrected chi connectivity index (χ3v) is 2.15. The zero-order valence-electron chi connectivity index (χ0n) is 10.3. The molecule has 0 aromatic rings. The lowest BCUT2D eigenvalue weighted by Crippen LogP contribution is -2.18. The van der Waals surface area contributed by atoms with Crippen molar-refractivity contribution in [3.05, 3.63) is 36.0 Å². The summed E-state index contributed by atoms with van der Waals surface area (Å²) in [5.74, 6) is 2.65. The van der Waals surface area contributed by atoms with Crippen molar-refractivity contribution >= 4 is 15.5 Å². The Hall–Kier alpha value is -1.08. The fraction of sp³-hybridized carbons (Fsp3) is 0.417. The zero-order chi connectivity index (χ0) is 12.4. The monoisotopic (exact) mass is 240 g/mol. The summed E-state index contributed by atoms with van der Waals surface area (Å²) in [7, 11) is 2.52. The maximum Gasteiger partial charge on any atom is 0.129 e. The number of allylic oxidation sites excluding steroid dienone is 2. The first kappa shape index (κ1) is 14.9. The molecule has 0 spiro atoms. The Morgan fingerprint density at radius 2 is 2.19 bits per heavy atom.